The highest BCUT2D eigenvalue weighted by atomic mass is 16.5. The molecule has 4 nitrogen and oxygen atoms in total. The van der Waals surface area contributed by atoms with Crippen LogP contribution in [0.1, 0.15) is 43.2 Å². The second kappa shape index (κ2) is 7.02. The quantitative estimate of drug-likeness (QED) is 0.896. The number of carbonyl (C=O) groups is 1. The molecule has 1 saturated heterocycles. The van der Waals surface area contributed by atoms with E-state index in [1.165, 1.54) is 11.1 Å². The number of hydrogen-bond acceptors (Lipinski definition) is 3. The van der Waals surface area contributed by atoms with Crippen LogP contribution in [0.5, 0.6) is 0 Å². The molecule has 2 atom stereocenters. The van der Waals surface area contributed by atoms with Crippen LogP contribution in [-0.4, -0.2) is 31.7 Å². The van der Waals surface area contributed by atoms with Crippen LogP contribution in [0.4, 0.5) is 0 Å². The highest BCUT2D eigenvalue weighted by Crippen LogP contribution is 2.36. The number of nitrogens with one attached hydrogen (secondary N) is 1. The zero-order chi connectivity index (χ0) is 16.3. The van der Waals surface area contributed by atoms with Crippen LogP contribution in [0.15, 0.2) is 24.3 Å². The summed E-state index contributed by atoms with van der Waals surface area (Å²) in [5.41, 5.74) is 8.70. The Kier molecular flexibility index (Phi) is 5.02. The Bertz CT molecular complexity index is 552. The van der Waals surface area contributed by atoms with Gasteiger partial charge >= 0.3 is 0 Å². The fraction of sp³-hybridized carbons (Fsp3) is 0.632. The minimum Gasteiger partial charge on any atom is -0.381 e. The van der Waals surface area contributed by atoms with Gasteiger partial charge in [-0.15, -0.1) is 0 Å². The smallest absolute Gasteiger partial charge is 0.224 e. The van der Waals surface area contributed by atoms with Crippen LogP contribution in [0.25, 0.3) is 0 Å². The molecule has 1 aromatic carbocycles. The normalized spacial score (nSPS) is 26.9. The van der Waals surface area contributed by atoms with E-state index in [1.54, 1.807) is 0 Å². The van der Waals surface area contributed by atoms with E-state index in [0.29, 0.717) is 6.54 Å². The standard InChI is InChI=1S/C19H28N2O2/c1-14-5-2-3-7-16(14)19(9-11-23-12-10-19)13-21-18(22)15-6-4-8-17(15)20/h2-3,5,7,15,17H,4,6,8-13,20H2,1H3,(H,21,22). The van der Waals surface area contributed by atoms with Gasteiger partial charge in [0.05, 0.1) is 5.92 Å². The van der Waals surface area contributed by atoms with Gasteiger partial charge in [0.2, 0.25) is 5.91 Å². The van der Waals surface area contributed by atoms with Crippen LogP contribution in [0, 0.1) is 12.8 Å². The first-order valence-electron chi connectivity index (χ1n) is 8.79. The highest BCUT2D eigenvalue weighted by Gasteiger charge is 2.37. The third kappa shape index (κ3) is 3.43. The number of nitrogens with two attached hydrogens (primary N) is 1. The Balaban J connectivity index is 1.75. The fourth-order valence-electron chi connectivity index (χ4n) is 4.17. The van der Waals surface area contributed by atoms with E-state index in [1.807, 2.05) is 0 Å². The molecule has 23 heavy (non-hydrogen) atoms. The summed E-state index contributed by atoms with van der Waals surface area (Å²) in [6.07, 6.45) is 4.86. The van der Waals surface area contributed by atoms with Gasteiger partial charge in [-0.05, 0) is 43.7 Å². The maximum atomic E-state index is 12.5. The minimum absolute atomic E-state index is 0.0104. The molecule has 1 aliphatic heterocycles. The van der Waals surface area contributed by atoms with E-state index in [9.17, 15) is 4.79 Å². The van der Waals surface area contributed by atoms with Crippen molar-refractivity contribution in [2.75, 3.05) is 19.8 Å². The second-order valence-corrected chi connectivity index (χ2v) is 7.13. The lowest BCUT2D eigenvalue weighted by Crippen LogP contribution is -2.48. The second-order valence-electron chi connectivity index (χ2n) is 7.13. The van der Waals surface area contributed by atoms with Crippen molar-refractivity contribution in [2.45, 2.75) is 50.5 Å². The van der Waals surface area contributed by atoms with Gasteiger partial charge in [0.25, 0.3) is 0 Å². The molecule has 2 fully saturated rings. The average Bonchev–Trinajstić information content (AvgIpc) is 3.00. The molecule has 0 bridgehead atoms. The molecule has 1 amide bonds. The van der Waals surface area contributed by atoms with Crippen molar-refractivity contribution in [3.05, 3.63) is 35.4 Å². The van der Waals surface area contributed by atoms with Gasteiger partial charge in [-0.1, -0.05) is 30.7 Å². The Morgan fingerprint density at radius 1 is 1.30 bits per heavy atom. The van der Waals surface area contributed by atoms with Crippen molar-refractivity contribution in [2.24, 2.45) is 11.7 Å². The monoisotopic (exact) mass is 316 g/mol. The molecule has 0 radical (unpaired) electrons. The Morgan fingerprint density at radius 2 is 2.04 bits per heavy atom. The number of rotatable bonds is 4. The van der Waals surface area contributed by atoms with E-state index >= 15 is 0 Å². The summed E-state index contributed by atoms with van der Waals surface area (Å²) in [6.45, 7) is 4.35. The number of carbonyl (C=O) groups excluding carboxylic acids is 1. The molecule has 1 aromatic rings. The Hall–Kier alpha value is -1.39. The lowest BCUT2D eigenvalue weighted by molar-refractivity contribution is -0.125. The van der Waals surface area contributed by atoms with Crippen molar-refractivity contribution in [1.82, 2.24) is 5.32 Å². The Labute approximate surface area is 138 Å². The van der Waals surface area contributed by atoms with Crippen LogP contribution in [-0.2, 0) is 14.9 Å². The molecule has 4 heteroatoms. The van der Waals surface area contributed by atoms with Gasteiger partial charge in [-0.3, -0.25) is 4.79 Å². The third-order valence-corrected chi connectivity index (χ3v) is 5.67. The summed E-state index contributed by atoms with van der Waals surface area (Å²) in [5, 5.41) is 3.22. The highest BCUT2D eigenvalue weighted by molar-refractivity contribution is 5.79. The van der Waals surface area contributed by atoms with Crippen LogP contribution in [0.2, 0.25) is 0 Å². The lowest BCUT2D eigenvalue weighted by Gasteiger charge is -2.39. The summed E-state index contributed by atoms with van der Waals surface area (Å²) in [6, 6.07) is 8.55. The number of hydrogen-bond donors (Lipinski definition) is 2. The van der Waals surface area contributed by atoms with Crippen molar-refractivity contribution < 1.29 is 9.53 Å². The number of aryl methyl sites for hydroxylation is 1. The van der Waals surface area contributed by atoms with Crippen molar-refractivity contribution in [1.29, 1.82) is 0 Å². The predicted molar refractivity (Wildman–Crippen MR) is 91.2 cm³/mol. The van der Waals surface area contributed by atoms with E-state index in [2.05, 4.69) is 36.5 Å². The van der Waals surface area contributed by atoms with Crippen molar-refractivity contribution in [3.63, 3.8) is 0 Å². The zero-order valence-corrected chi connectivity index (χ0v) is 14.0. The molecule has 1 heterocycles. The maximum absolute atomic E-state index is 12.5. The van der Waals surface area contributed by atoms with Gasteiger partial charge in [0.15, 0.2) is 0 Å². The SMILES string of the molecule is Cc1ccccc1C1(CNC(=O)C2CCCC2N)CCOCC1. The number of amides is 1. The predicted octanol–water partition coefficient (Wildman–Crippen LogP) is 2.29. The van der Waals surface area contributed by atoms with E-state index in [-0.39, 0.29) is 23.3 Å². The molecule has 3 rings (SSSR count). The largest absolute Gasteiger partial charge is 0.381 e. The number of ether oxygens (including phenoxy) is 1. The molecule has 2 aliphatic rings. The van der Waals surface area contributed by atoms with Crippen LogP contribution < -0.4 is 11.1 Å². The third-order valence-electron chi connectivity index (χ3n) is 5.67. The maximum Gasteiger partial charge on any atom is 0.224 e. The van der Waals surface area contributed by atoms with Crippen LogP contribution >= 0.6 is 0 Å². The van der Waals surface area contributed by atoms with Crippen molar-refractivity contribution >= 4 is 5.91 Å². The first kappa shape index (κ1) is 16.5. The summed E-state index contributed by atoms with van der Waals surface area (Å²) in [4.78, 5) is 12.5. The summed E-state index contributed by atoms with van der Waals surface area (Å²) >= 11 is 0. The lowest BCUT2D eigenvalue weighted by atomic mass is 9.72. The first-order valence-corrected chi connectivity index (χ1v) is 8.79. The van der Waals surface area contributed by atoms with E-state index in [0.717, 1.165) is 45.3 Å². The van der Waals surface area contributed by atoms with Gasteiger partial charge in [0.1, 0.15) is 0 Å². The summed E-state index contributed by atoms with van der Waals surface area (Å²) in [5.74, 6) is 0.123. The molecular weight excluding hydrogens is 288 g/mol. The van der Waals surface area contributed by atoms with Crippen LogP contribution in [0.3, 0.4) is 0 Å². The van der Waals surface area contributed by atoms with Gasteiger partial charge in [0, 0.05) is 31.2 Å². The molecule has 2 unspecified atom stereocenters. The average molecular weight is 316 g/mol. The molecule has 126 valence electrons. The van der Waals surface area contributed by atoms with Gasteiger partial charge in [-0.2, -0.15) is 0 Å². The minimum atomic E-state index is -0.0120. The summed E-state index contributed by atoms with van der Waals surface area (Å²) in [7, 11) is 0. The van der Waals surface area contributed by atoms with Gasteiger partial charge < -0.3 is 15.8 Å². The topological polar surface area (TPSA) is 64.4 Å². The molecule has 0 spiro atoms. The molecule has 1 aliphatic carbocycles. The van der Waals surface area contributed by atoms with E-state index in [4.69, 9.17) is 10.5 Å². The molecule has 3 N–H and O–H groups in total. The molecule has 1 saturated carbocycles. The van der Waals surface area contributed by atoms with E-state index < -0.39 is 0 Å². The first-order chi connectivity index (χ1) is 11.1. The molecular formula is C19H28N2O2. The Morgan fingerprint density at radius 3 is 2.70 bits per heavy atom. The zero-order valence-electron chi connectivity index (χ0n) is 14.0. The van der Waals surface area contributed by atoms with Gasteiger partial charge in [-0.25, -0.2) is 0 Å². The fourth-order valence-corrected chi connectivity index (χ4v) is 4.17. The molecule has 0 aromatic heterocycles. The summed E-state index contributed by atoms with van der Waals surface area (Å²) < 4.78 is 5.58. The van der Waals surface area contributed by atoms with Crippen molar-refractivity contribution in [3.8, 4) is 0 Å². The number of benzene rings is 1.